The molecule has 0 bridgehead atoms. The number of ether oxygens (including phenoxy) is 1. The predicted octanol–water partition coefficient (Wildman–Crippen LogP) is 2.48. The number of benzene rings is 1. The fraction of sp³-hybridized carbons (Fsp3) is 0.704. The summed E-state index contributed by atoms with van der Waals surface area (Å²) in [6.07, 6.45) is 5.98. The van der Waals surface area contributed by atoms with Gasteiger partial charge in [0.15, 0.2) is 0 Å². The Morgan fingerprint density at radius 3 is 2.27 bits per heavy atom. The van der Waals surface area contributed by atoms with Crippen molar-refractivity contribution in [3.8, 4) is 0 Å². The normalized spacial score (nSPS) is 23.9. The maximum absolute atomic E-state index is 13.3. The second kappa shape index (κ2) is 11.3. The molecule has 204 valence electrons. The largest absolute Gasteiger partial charge is 0.445 e. The minimum Gasteiger partial charge on any atom is -0.445 e. The molecule has 37 heavy (non-hydrogen) atoms. The van der Waals surface area contributed by atoms with E-state index in [0.29, 0.717) is 57.3 Å². The van der Waals surface area contributed by atoms with Crippen LogP contribution in [0.25, 0.3) is 0 Å². The summed E-state index contributed by atoms with van der Waals surface area (Å²) >= 11 is 0. The Morgan fingerprint density at radius 1 is 0.973 bits per heavy atom. The lowest BCUT2D eigenvalue weighted by molar-refractivity contribution is -0.145. The van der Waals surface area contributed by atoms with Crippen LogP contribution in [-0.2, 0) is 26.2 Å². The van der Waals surface area contributed by atoms with E-state index in [1.165, 1.54) is 0 Å². The first-order chi connectivity index (χ1) is 17.8. The lowest BCUT2D eigenvalue weighted by Gasteiger charge is -2.51. The molecule has 0 atom stereocenters. The van der Waals surface area contributed by atoms with Crippen LogP contribution in [0.1, 0.15) is 56.9 Å². The van der Waals surface area contributed by atoms with Gasteiger partial charge in [0.2, 0.25) is 15.9 Å². The molecule has 1 saturated carbocycles. The molecule has 1 aromatic rings. The van der Waals surface area contributed by atoms with Crippen LogP contribution in [0.4, 0.5) is 4.79 Å². The van der Waals surface area contributed by atoms with Gasteiger partial charge in [0.05, 0.1) is 5.25 Å². The maximum atomic E-state index is 13.3. The number of piperidine rings is 3. The van der Waals surface area contributed by atoms with Crippen LogP contribution in [0.3, 0.4) is 0 Å². The van der Waals surface area contributed by atoms with Crippen LogP contribution in [-0.4, -0.2) is 80.2 Å². The second-order valence-electron chi connectivity index (χ2n) is 11.3. The average molecular weight is 533 g/mol. The fourth-order valence-electron chi connectivity index (χ4n) is 6.55. The highest BCUT2D eigenvalue weighted by molar-refractivity contribution is 7.89. The number of nitrogens with one attached hydrogen (secondary N) is 2. The van der Waals surface area contributed by atoms with Gasteiger partial charge in [0, 0.05) is 38.1 Å². The van der Waals surface area contributed by atoms with Gasteiger partial charge in [-0.15, -0.1) is 0 Å². The van der Waals surface area contributed by atoms with Crippen molar-refractivity contribution in [3.05, 3.63) is 35.9 Å². The summed E-state index contributed by atoms with van der Waals surface area (Å²) in [5.74, 6) is 0.350. The molecular formula is C27H40N4O5S. The predicted molar refractivity (Wildman–Crippen MR) is 140 cm³/mol. The van der Waals surface area contributed by atoms with Gasteiger partial charge in [-0.05, 0) is 75.4 Å². The summed E-state index contributed by atoms with van der Waals surface area (Å²) in [4.78, 5) is 27.1. The smallest absolute Gasteiger partial charge is 0.407 e. The number of alkyl carbamates (subject to hydrolysis) is 1. The van der Waals surface area contributed by atoms with Crippen molar-refractivity contribution in [2.24, 2.45) is 11.3 Å². The van der Waals surface area contributed by atoms with E-state index >= 15 is 0 Å². The minimum atomic E-state index is -3.42. The highest BCUT2D eigenvalue weighted by Gasteiger charge is 2.49. The Morgan fingerprint density at radius 2 is 1.62 bits per heavy atom. The first-order valence-electron chi connectivity index (χ1n) is 13.8. The summed E-state index contributed by atoms with van der Waals surface area (Å²) in [5, 5.41) is 5.84. The molecule has 1 aromatic carbocycles. The molecule has 3 aliphatic heterocycles. The Labute approximate surface area is 220 Å². The number of rotatable bonds is 6. The third kappa shape index (κ3) is 6.12. The van der Waals surface area contributed by atoms with Gasteiger partial charge in [0.1, 0.15) is 6.61 Å². The van der Waals surface area contributed by atoms with Gasteiger partial charge in [-0.3, -0.25) is 4.79 Å². The number of hydrogen-bond donors (Lipinski definition) is 2. The van der Waals surface area contributed by atoms with E-state index in [0.717, 1.165) is 44.3 Å². The number of carbonyl (C=O) groups excluding carboxylic acids is 2. The lowest BCUT2D eigenvalue weighted by atomic mass is 9.57. The molecule has 1 spiro atoms. The molecule has 4 fully saturated rings. The highest BCUT2D eigenvalue weighted by atomic mass is 32.2. The minimum absolute atomic E-state index is 0.0973. The van der Waals surface area contributed by atoms with Crippen molar-refractivity contribution < 1.29 is 22.7 Å². The van der Waals surface area contributed by atoms with Gasteiger partial charge >= 0.3 is 6.09 Å². The van der Waals surface area contributed by atoms with Crippen molar-refractivity contribution in [2.75, 3.05) is 39.3 Å². The van der Waals surface area contributed by atoms with Crippen molar-refractivity contribution in [3.63, 3.8) is 0 Å². The maximum Gasteiger partial charge on any atom is 0.407 e. The monoisotopic (exact) mass is 532 g/mol. The van der Waals surface area contributed by atoms with Crippen LogP contribution < -0.4 is 10.6 Å². The second-order valence-corrected chi connectivity index (χ2v) is 13.5. The van der Waals surface area contributed by atoms with Gasteiger partial charge in [-0.1, -0.05) is 30.3 Å². The summed E-state index contributed by atoms with van der Waals surface area (Å²) < 4.78 is 33.5. The fourth-order valence-corrected chi connectivity index (χ4v) is 8.50. The molecule has 2 amide bonds. The zero-order chi connectivity index (χ0) is 25.9. The summed E-state index contributed by atoms with van der Waals surface area (Å²) in [5.41, 5.74) is 1.29. The van der Waals surface area contributed by atoms with Gasteiger partial charge in [-0.25, -0.2) is 17.5 Å². The third-order valence-electron chi connectivity index (χ3n) is 8.90. The summed E-state index contributed by atoms with van der Waals surface area (Å²) in [7, 11) is -3.42. The molecule has 3 heterocycles. The van der Waals surface area contributed by atoms with E-state index in [4.69, 9.17) is 4.74 Å². The van der Waals surface area contributed by atoms with E-state index in [2.05, 4.69) is 10.6 Å². The van der Waals surface area contributed by atoms with Crippen LogP contribution >= 0.6 is 0 Å². The van der Waals surface area contributed by atoms with Gasteiger partial charge in [-0.2, -0.15) is 0 Å². The van der Waals surface area contributed by atoms with Crippen LogP contribution in [0.5, 0.6) is 0 Å². The van der Waals surface area contributed by atoms with Crippen LogP contribution in [0.2, 0.25) is 0 Å². The molecule has 0 radical (unpaired) electrons. The van der Waals surface area contributed by atoms with E-state index in [9.17, 15) is 18.0 Å². The highest BCUT2D eigenvalue weighted by Crippen LogP contribution is 2.52. The third-order valence-corrected chi connectivity index (χ3v) is 11.3. The molecule has 0 unspecified atom stereocenters. The first kappa shape index (κ1) is 26.4. The average Bonchev–Trinajstić information content (AvgIpc) is 2.91. The van der Waals surface area contributed by atoms with E-state index < -0.39 is 21.4 Å². The summed E-state index contributed by atoms with van der Waals surface area (Å²) in [6.45, 7) is 4.15. The standard InChI is InChI=1S/C27H40N4O5S/c32-25(22-18-27(19-22)10-12-28-13-11-27)30-14-8-24(9-15-30)37(34,35)31-16-6-23(7-17-31)29-26(33)36-20-21-4-2-1-3-5-21/h1-5,22-24,28H,6-20H2,(H,29,33). The molecule has 9 nitrogen and oxygen atoms in total. The molecular weight excluding hydrogens is 492 g/mol. The molecule has 2 N–H and O–H groups in total. The zero-order valence-electron chi connectivity index (χ0n) is 21.6. The van der Waals surface area contributed by atoms with Crippen LogP contribution in [0, 0.1) is 11.3 Å². The molecule has 10 heteroatoms. The SMILES string of the molecule is O=C(NC1CCN(S(=O)(=O)C2CCN(C(=O)C3CC4(CCNCC4)C3)CC2)CC1)OCc1ccccc1. The number of amides is 2. The molecule has 3 saturated heterocycles. The van der Waals surface area contributed by atoms with E-state index in [-0.39, 0.29) is 24.5 Å². The number of likely N-dealkylation sites (tertiary alicyclic amines) is 1. The number of nitrogens with zero attached hydrogens (tertiary/aromatic N) is 2. The van der Waals surface area contributed by atoms with Crippen molar-refractivity contribution >= 4 is 22.0 Å². The van der Waals surface area contributed by atoms with Gasteiger partial charge < -0.3 is 20.3 Å². The van der Waals surface area contributed by atoms with Crippen molar-refractivity contribution in [1.82, 2.24) is 19.8 Å². The quantitative estimate of drug-likeness (QED) is 0.583. The Balaban J connectivity index is 1.03. The molecule has 5 rings (SSSR count). The lowest BCUT2D eigenvalue weighted by Crippen LogP contribution is -2.54. The number of hydrogen-bond acceptors (Lipinski definition) is 6. The van der Waals surface area contributed by atoms with Crippen molar-refractivity contribution in [1.29, 1.82) is 0 Å². The number of sulfonamides is 1. The zero-order valence-corrected chi connectivity index (χ0v) is 22.4. The number of carbonyl (C=O) groups is 2. The van der Waals surface area contributed by atoms with Gasteiger partial charge in [0.25, 0.3) is 0 Å². The summed E-state index contributed by atoms with van der Waals surface area (Å²) in [6, 6.07) is 9.40. The Bertz CT molecular complexity index is 1040. The molecule has 0 aromatic heterocycles. The van der Waals surface area contributed by atoms with Crippen molar-refractivity contribution in [2.45, 2.75) is 69.3 Å². The Hall–Kier alpha value is -2.17. The van der Waals surface area contributed by atoms with Crippen LogP contribution in [0.15, 0.2) is 30.3 Å². The van der Waals surface area contributed by atoms with E-state index in [1.54, 1.807) is 4.31 Å². The Kier molecular flexibility index (Phi) is 8.07. The first-order valence-corrected chi connectivity index (χ1v) is 15.3. The van der Waals surface area contributed by atoms with E-state index in [1.807, 2.05) is 35.2 Å². The molecule has 4 aliphatic rings. The topological polar surface area (TPSA) is 108 Å². The molecule has 1 aliphatic carbocycles.